The Kier molecular flexibility index (Phi) is 43.0. The molecule has 5 unspecified atom stereocenters. The van der Waals surface area contributed by atoms with Gasteiger partial charge in [0.05, 0.1) is 98.5 Å². The highest BCUT2D eigenvalue weighted by molar-refractivity contribution is 7.94. The van der Waals surface area contributed by atoms with Gasteiger partial charge in [-0.05, 0) is 155 Å². The lowest BCUT2D eigenvalue weighted by molar-refractivity contribution is -0.687. The van der Waals surface area contributed by atoms with E-state index in [0.717, 1.165) is 117 Å². The second kappa shape index (κ2) is 50.5. The maximum Gasteiger partial charge on any atom is 0.373 e. The number of sulfonamides is 5. The van der Waals surface area contributed by atoms with E-state index in [0.29, 0.717) is 74.5 Å². The molecule has 135 heavy (non-hydrogen) atoms. The van der Waals surface area contributed by atoms with Gasteiger partial charge in [0.2, 0.25) is 0 Å². The van der Waals surface area contributed by atoms with Gasteiger partial charge < -0.3 is 109 Å². The highest BCUT2D eigenvalue weighted by atomic mass is 35.5. The molecule has 0 aromatic heterocycles. The Morgan fingerprint density at radius 2 is 0.452 bits per heavy atom. The minimum absolute atomic E-state index is 0. The number of nitrogens with two attached hydrogens (primary N) is 5. The summed E-state index contributed by atoms with van der Waals surface area (Å²) in [5.74, 6) is -3.31. The molecule has 0 spiro atoms. The number of halogens is 5. The molecule has 15 rings (SSSR count). The lowest BCUT2D eigenvalue weighted by Gasteiger charge is -2.20. The number of benzene rings is 10. The molecule has 0 saturated heterocycles. The maximum absolute atomic E-state index is 13.2. The van der Waals surface area contributed by atoms with Crippen molar-refractivity contribution >= 4 is 109 Å². The van der Waals surface area contributed by atoms with Crippen LogP contribution >= 0.6 is 0 Å². The Balaban J connectivity index is 0.000000293. The molecule has 0 saturated carbocycles. The lowest BCUT2D eigenvalue weighted by atomic mass is 9.96. The van der Waals surface area contributed by atoms with E-state index in [9.17, 15) is 61.3 Å². The molecular formula is C95H115Cl5N10O20S5. The predicted molar refractivity (Wildman–Crippen MR) is 492 cm³/mol. The summed E-state index contributed by atoms with van der Waals surface area (Å²) in [6.45, 7) is 14.7. The van der Waals surface area contributed by atoms with Gasteiger partial charge in [0, 0.05) is 104 Å². The molecule has 10 aromatic carbocycles. The Hall–Kier alpha value is -10.5. The molecule has 30 nitrogen and oxygen atoms in total. The van der Waals surface area contributed by atoms with Gasteiger partial charge >= 0.3 is 30.0 Å². The minimum atomic E-state index is -3.67. The summed E-state index contributed by atoms with van der Waals surface area (Å²) in [5, 5.41) is 45.7. The fourth-order valence-electron chi connectivity index (χ4n) is 16.8. The summed E-state index contributed by atoms with van der Waals surface area (Å²) >= 11 is 0. The van der Waals surface area contributed by atoms with Crippen molar-refractivity contribution in [2.45, 2.75) is 154 Å². The molecule has 5 atom stereocenters. The van der Waals surface area contributed by atoms with E-state index in [1.54, 1.807) is 89.8 Å². The Labute approximate surface area is 821 Å². The van der Waals surface area contributed by atoms with Crippen LogP contribution in [0.5, 0.6) is 0 Å². The number of para-hydroxylation sites is 5. The second-order valence-corrected chi connectivity index (χ2v) is 42.1. The van der Waals surface area contributed by atoms with Crippen LogP contribution in [0.1, 0.15) is 178 Å². The molecule has 0 bridgehead atoms. The van der Waals surface area contributed by atoms with Crippen molar-refractivity contribution in [1.29, 1.82) is 0 Å². The molecule has 40 heteroatoms. The number of unbranched alkanes of at least 4 members (excludes halogenated alkanes) is 2. The number of carboxylic acid groups (broad SMARTS) is 4. The van der Waals surface area contributed by atoms with E-state index in [-0.39, 0.29) is 134 Å². The lowest BCUT2D eigenvalue weighted by Crippen LogP contribution is -3.00. The van der Waals surface area contributed by atoms with Gasteiger partial charge in [-0.3, -0.25) is 40.7 Å². The number of aryl methyl sites for hydroxylation is 5. The first-order valence-corrected chi connectivity index (χ1v) is 49.8. The maximum atomic E-state index is 13.2. The van der Waals surface area contributed by atoms with E-state index in [4.69, 9.17) is 30.0 Å². The molecule has 14 N–H and O–H groups in total. The Bertz CT molecular complexity index is 6200. The topological polar surface area (TPSA) is 453 Å². The van der Waals surface area contributed by atoms with E-state index in [1.165, 1.54) is 21.5 Å². The average molecular weight is 2050 g/mol. The quantitative estimate of drug-likeness (QED) is 0.0269. The molecule has 0 aliphatic carbocycles. The van der Waals surface area contributed by atoms with Crippen LogP contribution < -0.4 is 110 Å². The van der Waals surface area contributed by atoms with Crippen molar-refractivity contribution < 1.29 is 180 Å². The molecule has 5 aliphatic rings. The van der Waals surface area contributed by atoms with E-state index in [1.807, 2.05) is 203 Å². The van der Waals surface area contributed by atoms with Gasteiger partial charge in [-0.25, -0.2) is 42.1 Å². The number of anilines is 5. The number of rotatable bonds is 23. The number of carboxylic acids is 4. The van der Waals surface area contributed by atoms with Crippen LogP contribution in [-0.2, 0) is 78.9 Å². The Morgan fingerprint density at radius 3 is 0.637 bits per heavy atom. The van der Waals surface area contributed by atoms with Crippen LogP contribution in [-0.4, -0.2) is 161 Å². The zero-order valence-corrected chi connectivity index (χ0v) is 84.2. The molecule has 5 heterocycles. The summed E-state index contributed by atoms with van der Waals surface area (Å²) in [6.07, 6.45) is 4.37. The summed E-state index contributed by atoms with van der Waals surface area (Å²) in [4.78, 5) is 61.1. The molecule has 5 aliphatic heterocycles. The van der Waals surface area contributed by atoms with Crippen molar-refractivity contribution in [2.24, 2.45) is 0 Å². The summed E-state index contributed by atoms with van der Waals surface area (Å²) < 4.78 is 138. The van der Waals surface area contributed by atoms with E-state index >= 15 is 0 Å². The molecule has 0 radical (unpaired) electrons. The van der Waals surface area contributed by atoms with Gasteiger partial charge in [0.25, 0.3) is 50.1 Å². The number of hydrogen-bond donors (Lipinski definition) is 9. The third-order valence-electron chi connectivity index (χ3n) is 23.5. The first-order valence-electron chi connectivity index (χ1n) is 42.6. The molecular weight excluding hydrogens is 1940 g/mol. The third kappa shape index (κ3) is 26.6. The van der Waals surface area contributed by atoms with Crippen LogP contribution in [0.4, 0.5) is 28.4 Å². The SMILES string of the molecule is CCC[NH2+]C1c2ccccc2N(C)S(=O)(=O)c2cc(C)ccc21.Cc1ccc2c(c1)S(=O)(=O)N(C)c1ccccc1C2[NH2+]CCC(=O)O.Cc1ccc2c(c1)S(=O)(=O)N(C)c1ccccc1C2[NH2+]CCC(=O)O.Cc1ccc2c(c1)S(=O)(=O)N(C)c1ccccc1C2[NH2+]CCCCC(=O)O.Cc1ccc2c(c1)S(=O)(=O)N(C)c1ccccc1C2[NH2+]CCCCC(=O)O.O=C=O.[Cl-].[Cl-].[Cl-].[Cl-].[Cl-]. The van der Waals surface area contributed by atoms with Crippen molar-refractivity contribution in [3.05, 3.63) is 296 Å². The van der Waals surface area contributed by atoms with Gasteiger partial charge in [-0.1, -0.05) is 159 Å². The number of nitrogens with zero attached hydrogens (tertiary/aromatic N) is 5. The summed E-state index contributed by atoms with van der Waals surface area (Å²) in [7, 11) is -10.2. The van der Waals surface area contributed by atoms with Crippen LogP contribution in [0.15, 0.2) is 237 Å². The fourth-order valence-corrected chi connectivity index (χ4v) is 24.5. The van der Waals surface area contributed by atoms with Crippen molar-refractivity contribution in [3.8, 4) is 0 Å². The molecule has 730 valence electrons. The van der Waals surface area contributed by atoms with Crippen LogP contribution in [0.2, 0.25) is 0 Å². The smallest absolute Gasteiger partial charge is 0.373 e. The largest absolute Gasteiger partial charge is 1.00 e. The van der Waals surface area contributed by atoms with Crippen molar-refractivity contribution in [3.63, 3.8) is 0 Å². The third-order valence-corrected chi connectivity index (χ3v) is 32.6. The predicted octanol–water partition coefficient (Wildman–Crippen LogP) is -6.76. The first-order chi connectivity index (χ1) is 61.7. The van der Waals surface area contributed by atoms with Gasteiger partial charge in [0.1, 0.15) is 30.2 Å². The summed E-state index contributed by atoms with van der Waals surface area (Å²) in [5.41, 5.74) is 16.3. The number of carbonyl (C=O) groups is 4. The monoisotopic (exact) mass is 2050 g/mol. The number of hydrogen-bond acceptors (Lipinski definition) is 16. The molecule has 0 amide bonds. The minimum Gasteiger partial charge on any atom is -1.00 e. The van der Waals surface area contributed by atoms with Crippen molar-refractivity contribution in [2.75, 3.05) is 89.5 Å². The Morgan fingerprint density at radius 1 is 0.274 bits per heavy atom. The highest BCUT2D eigenvalue weighted by Gasteiger charge is 2.43. The van der Waals surface area contributed by atoms with E-state index < -0.39 is 74.0 Å². The zero-order chi connectivity index (χ0) is 94.9. The fraction of sp³-hybridized carbons (Fsp3) is 0.316. The molecule has 10 aromatic rings. The van der Waals surface area contributed by atoms with Crippen LogP contribution in [0.3, 0.4) is 0 Å². The summed E-state index contributed by atoms with van der Waals surface area (Å²) in [6, 6.07) is 64.5. The van der Waals surface area contributed by atoms with Crippen molar-refractivity contribution in [1.82, 2.24) is 0 Å². The normalized spacial score (nSPS) is 17.1. The standard InChI is InChI=1S/2C20H24N2O4S.2C18H20N2O4S.C18H22N2O2S.CO2.5ClH/c2*1-14-10-11-16-18(13-14)27(25,26)22(2)17-8-4-3-7-15(17)20(16)21-12-6-5-9-19(23)24;2*1-12-7-8-14-16(11-12)25(23,24)20(2)15-6-4-3-5-13(15)18(14)19-10-9-17(21)22;1-4-11-19-18-14-7-5-6-8-16(14)20(3)23(21,22)17-12-13(2)9-10-15(17)18;2-1-3;;;;;/h2*3-4,7-8,10-11,13,20-21H,5-6,9,12H2,1-2H3,(H,23,24);2*3-8,11,18-19H,9-10H2,1-2H3,(H,21,22);5-10,12,18-19H,4,11H2,1-3H3;;5*1H. The van der Waals surface area contributed by atoms with Gasteiger partial charge in [-0.2, -0.15) is 9.59 Å². The number of aliphatic carboxylic acids is 4. The number of fused-ring (bicyclic) bond motifs is 10. The molecule has 0 fully saturated rings. The zero-order valence-electron chi connectivity index (χ0n) is 76.4. The van der Waals surface area contributed by atoms with E-state index in [2.05, 4.69) is 22.9 Å². The van der Waals surface area contributed by atoms with Gasteiger partial charge in [0.15, 0.2) is 0 Å². The number of quaternary nitrogens is 5. The highest BCUT2D eigenvalue weighted by Crippen LogP contribution is 2.45. The number of carbonyl (C=O) groups excluding carboxylic acids is 2. The van der Waals surface area contributed by atoms with Crippen LogP contribution in [0.25, 0.3) is 0 Å². The van der Waals surface area contributed by atoms with Crippen LogP contribution in [0, 0.1) is 34.6 Å². The van der Waals surface area contributed by atoms with Gasteiger partial charge in [-0.15, -0.1) is 0 Å². The second-order valence-electron chi connectivity index (χ2n) is 32.4. The first kappa shape index (κ1) is 115. The average Bonchev–Trinajstić information content (AvgIpc) is 1.63.